The second-order valence-corrected chi connectivity index (χ2v) is 7.61. The van der Waals surface area contributed by atoms with E-state index in [2.05, 4.69) is 48.2 Å². The van der Waals surface area contributed by atoms with Crippen molar-refractivity contribution in [2.24, 2.45) is 5.16 Å². The smallest absolute Gasteiger partial charge is 0.331 e. The van der Waals surface area contributed by atoms with Gasteiger partial charge < -0.3 is 14.2 Å². The maximum atomic E-state index is 11.5. The SMILES string of the molecule is CC(=O)O/N=C(\Cc1ccccc1C)C1(C)CN(c2ccco2)c2ccccc21. The zero-order chi connectivity index (χ0) is 20.4. The molecule has 1 aliphatic heterocycles. The van der Waals surface area contributed by atoms with Gasteiger partial charge in [0.1, 0.15) is 0 Å². The topological polar surface area (TPSA) is 55.0 Å². The first-order valence-electron chi connectivity index (χ1n) is 9.69. The van der Waals surface area contributed by atoms with Crippen molar-refractivity contribution in [3.63, 3.8) is 0 Å². The lowest BCUT2D eigenvalue weighted by Gasteiger charge is -2.27. The summed E-state index contributed by atoms with van der Waals surface area (Å²) in [7, 11) is 0. The predicted molar refractivity (Wildman–Crippen MR) is 114 cm³/mol. The Morgan fingerprint density at radius 1 is 1.14 bits per heavy atom. The molecular weight excluding hydrogens is 364 g/mol. The highest BCUT2D eigenvalue weighted by molar-refractivity contribution is 6.00. The van der Waals surface area contributed by atoms with Gasteiger partial charge in [-0.25, -0.2) is 4.79 Å². The Hall–Kier alpha value is -3.34. The highest BCUT2D eigenvalue weighted by Gasteiger charge is 2.44. The van der Waals surface area contributed by atoms with E-state index in [1.54, 1.807) is 6.26 Å². The minimum absolute atomic E-state index is 0.426. The van der Waals surface area contributed by atoms with E-state index >= 15 is 0 Å². The first-order chi connectivity index (χ1) is 14.0. The molecule has 1 aromatic heterocycles. The van der Waals surface area contributed by atoms with E-state index in [1.807, 2.05) is 36.4 Å². The number of aryl methyl sites for hydroxylation is 1. The van der Waals surface area contributed by atoms with Gasteiger partial charge in [0.2, 0.25) is 0 Å². The van der Waals surface area contributed by atoms with Crippen LogP contribution in [0.5, 0.6) is 0 Å². The molecule has 148 valence electrons. The molecule has 0 amide bonds. The average Bonchev–Trinajstić information content (AvgIpc) is 3.34. The number of oxime groups is 1. The Morgan fingerprint density at radius 3 is 2.62 bits per heavy atom. The van der Waals surface area contributed by atoms with E-state index in [4.69, 9.17) is 9.25 Å². The van der Waals surface area contributed by atoms with Crippen LogP contribution in [0.1, 0.15) is 30.5 Å². The third kappa shape index (κ3) is 3.56. The van der Waals surface area contributed by atoms with Crippen LogP contribution in [0.2, 0.25) is 0 Å². The van der Waals surface area contributed by atoms with Crippen molar-refractivity contribution in [3.05, 3.63) is 83.6 Å². The van der Waals surface area contributed by atoms with Crippen LogP contribution in [0.25, 0.3) is 0 Å². The van der Waals surface area contributed by atoms with Crippen LogP contribution >= 0.6 is 0 Å². The lowest BCUT2D eigenvalue weighted by molar-refractivity contribution is -0.141. The molecule has 2 aromatic carbocycles. The van der Waals surface area contributed by atoms with Gasteiger partial charge in [-0.15, -0.1) is 0 Å². The van der Waals surface area contributed by atoms with Gasteiger partial charge in [-0.3, -0.25) is 0 Å². The highest BCUT2D eigenvalue weighted by atomic mass is 16.7. The fourth-order valence-corrected chi connectivity index (χ4v) is 3.97. The average molecular weight is 388 g/mol. The zero-order valence-corrected chi connectivity index (χ0v) is 16.9. The normalized spacial score (nSPS) is 18.6. The molecule has 0 saturated carbocycles. The van der Waals surface area contributed by atoms with Gasteiger partial charge in [-0.2, -0.15) is 0 Å². The van der Waals surface area contributed by atoms with Gasteiger partial charge in [0.05, 0.1) is 17.4 Å². The molecule has 1 atom stereocenters. The summed E-state index contributed by atoms with van der Waals surface area (Å²) < 4.78 is 5.68. The predicted octanol–water partition coefficient (Wildman–Crippen LogP) is 5.16. The summed E-state index contributed by atoms with van der Waals surface area (Å²) in [6.07, 6.45) is 2.27. The van der Waals surface area contributed by atoms with Crippen LogP contribution in [-0.4, -0.2) is 18.2 Å². The molecule has 0 radical (unpaired) electrons. The van der Waals surface area contributed by atoms with Gasteiger partial charge in [0, 0.05) is 31.6 Å². The number of para-hydroxylation sites is 1. The second-order valence-electron chi connectivity index (χ2n) is 7.61. The molecule has 0 spiro atoms. The van der Waals surface area contributed by atoms with E-state index < -0.39 is 11.4 Å². The maximum absolute atomic E-state index is 11.5. The molecular formula is C24H24N2O3. The van der Waals surface area contributed by atoms with Crippen LogP contribution in [-0.2, 0) is 21.5 Å². The summed E-state index contributed by atoms with van der Waals surface area (Å²) in [6.45, 7) is 6.25. The third-order valence-corrected chi connectivity index (χ3v) is 5.58. The molecule has 4 rings (SSSR count). The molecule has 29 heavy (non-hydrogen) atoms. The van der Waals surface area contributed by atoms with E-state index in [1.165, 1.54) is 12.5 Å². The number of hydrogen-bond donors (Lipinski definition) is 0. The number of nitrogens with zero attached hydrogens (tertiary/aromatic N) is 2. The number of benzene rings is 2. The minimum atomic E-state index is -0.443. The molecule has 1 aliphatic rings. The molecule has 0 fully saturated rings. The fourth-order valence-electron chi connectivity index (χ4n) is 3.97. The Balaban J connectivity index is 1.80. The van der Waals surface area contributed by atoms with Gasteiger partial charge >= 0.3 is 5.97 Å². The van der Waals surface area contributed by atoms with Crippen molar-refractivity contribution in [1.29, 1.82) is 0 Å². The van der Waals surface area contributed by atoms with Crippen molar-refractivity contribution in [2.45, 2.75) is 32.6 Å². The summed E-state index contributed by atoms with van der Waals surface area (Å²) >= 11 is 0. The van der Waals surface area contributed by atoms with E-state index in [9.17, 15) is 4.79 Å². The van der Waals surface area contributed by atoms with Crippen molar-refractivity contribution < 1.29 is 14.0 Å². The van der Waals surface area contributed by atoms with Crippen molar-refractivity contribution in [1.82, 2.24) is 0 Å². The van der Waals surface area contributed by atoms with Crippen LogP contribution in [0, 0.1) is 6.92 Å². The van der Waals surface area contributed by atoms with Crippen molar-refractivity contribution in [3.8, 4) is 0 Å². The molecule has 0 saturated heterocycles. The van der Waals surface area contributed by atoms with Gasteiger partial charge in [0.25, 0.3) is 0 Å². The van der Waals surface area contributed by atoms with Crippen LogP contribution in [0.15, 0.2) is 76.5 Å². The summed E-state index contributed by atoms with van der Waals surface area (Å²) in [6, 6.07) is 20.3. The number of anilines is 2. The summed E-state index contributed by atoms with van der Waals surface area (Å²) in [4.78, 5) is 18.8. The molecule has 1 unspecified atom stereocenters. The number of rotatable bonds is 5. The summed E-state index contributed by atoms with van der Waals surface area (Å²) in [5.41, 5.74) is 4.92. The van der Waals surface area contributed by atoms with Gasteiger partial charge in [-0.05, 0) is 42.7 Å². The number of carbonyl (C=O) groups is 1. The molecule has 2 heterocycles. The number of carbonyl (C=O) groups excluding carboxylic acids is 1. The van der Waals surface area contributed by atoms with Crippen LogP contribution in [0.4, 0.5) is 11.6 Å². The number of furan rings is 1. The number of fused-ring (bicyclic) bond motifs is 1. The minimum Gasteiger partial charge on any atom is -0.448 e. The zero-order valence-electron chi connectivity index (χ0n) is 16.9. The first kappa shape index (κ1) is 19.0. The molecule has 3 aromatic rings. The molecule has 0 aliphatic carbocycles. The lowest BCUT2D eigenvalue weighted by atomic mass is 9.77. The Bertz CT molecular complexity index is 1060. The highest BCUT2D eigenvalue weighted by Crippen LogP contribution is 2.45. The number of hydrogen-bond acceptors (Lipinski definition) is 5. The molecule has 5 nitrogen and oxygen atoms in total. The quantitative estimate of drug-likeness (QED) is 0.344. The Labute approximate surface area is 170 Å². The van der Waals surface area contributed by atoms with E-state index in [-0.39, 0.29) is 0 Å². The standard InChI is InChI=1S/C24H24N2O3/c1-17-9-4-5-10-19(17)15-22(25-29-18(2)27)24(3)16-26(23-13-8-14-28-23)21-12-7-6-11-20(21)24/h4-14H,15-16H2,1-3H3/b25-22+. The van der Waals surface area contributed by atoms with E-state index in [0.717, 1.165) is 28.4 Å². The summed E-state index contributed by atoms with van der Waals surface area (Å²) in [5, 5.41) is 4.34. The molecule has 5 heteroatoms. The first-order valence-corrected chi connectivity index (χ1v) is 9.69. The van der Waals surface area contributed by atoms with Crippen molar-refractivity contribution >= 4 is 23.3 Å². The van der Waals surface area contributed by atoms with Crippen molar-refractivity contribution in [2.75, 3.05) is 11.4 Å². The Kier molecular flexibility index (Phi) is 4.97. The second kappa shape index (κ2) is 7.59. The van der Waals surface area contributed by atoms with Crippen LogP contribution < -0.4 is 4.90 Å². The Morgan fingerprint density at radius 2 is 1.90 bits per heavy atom. The monoisotopic (exact) mass is 388 g/mol. The summed E-state index contributed by atoms with van der Waals surface area (Å²) in [5.74, 6) is 0.356. The van der Waals surface area contributed by atoms with Gasteiger partial charge in [0.15, 0.2) is 5.88 Å². The molecule has 0 bridgehead atoms. The maximum Gasteiger partial charge on any atom is 0.331 e. The van der Waals surface area contributed by atoms with Crippen LogP contribution in [0.3, 0.4) is 0 Å². The van der Waals surface area contributed by atoms with E-state index in [0.29, 0.717) is 13.0 Å². The lowest BCUT2D eigenvalue weighted by Crippen LogP contribution is -2.38. The molecule has 0 N–H and O–H groups in total. The van der Waals surface area contributed by atoms with Gasteiger partial charge in [-0.1, -0.05) is 47.6 Å². The fraction of sp³-hybridized carbons (Fsp3) is 0.250. The largest absolute Gasteiger partial charge is 0.448 e. The third-order valence-electron chi connectivity index (χ3n) is 5.58.